The molecule has 2 aromatic carbocycles. The lowest BCUT2D eigenvalue weighted by Crippen LogP contribution is -2.18. The van der Waals surface area contributed by atoms with Gasteiger partial charge in [0.2, 0.25) is 5.88 Å². The molecule has 0 unspecified atom stereocenters. The van der Waals surface area contributed by atoms with Crippen molar-refractivity contribution in [3.05, 3.63) is 81.7 Å². The Kier molecular flexibility index (Phi) is 7.03. The maximum Gasteiger partial charge on any atom is 0.241 e. The van der Waals surface area contributed by atoms with Crippen molar-refractivity contribution in [2.45, 2.75) is 13.8 Å². The molecule has 0 radical (unpaired) electrons. The lowest BCUT2D eigenvalue weighted by atomic mass is 10.0. The number of benzene rings is 2. The predicted molar refractivity (Wildman–Crippen MR) is 122 cm³/mol. The second-order valence-corrected chi connectivity index (χ2v) is 7.52. The largest absolute Gasteiger partial charge is 0.437 e. The molecule has 0 aliphatic carbocycles. The minimum absolute atomic E-state index is 0.315. The molecule has 0 aliphatic heterocycles. The quantitative estimate of drug-likeness (QED) is 0.293. The van der Waals surface area contributed by atoms with Crippen molar-refractivity contribution in [1.29, 1.82) is 0 Å². The molecule has 1 heterocycles. The first-order valence-corrected chi connectivity index (χ1v) is 9.91. The molecule has 6 nitrogen and oxygen atoms in total. The van der Waals surface area contributed by atoms with Crippen LogP contribution < -0.4 is 4.74 Å². The monoisotopic (exact) mass is 441 g/mol. The van der Waals surface area contributed by atoms with E-state index in [9.17, 15) is 0 Å². The number of nitrogens with zero attached hydrogens (tertiary/aromatic N) is 5. The zero-order valence-electron chi connectivity index (χ0n) is 17.1. The van der Waals surface area contributed by atoms with Crippen LogP contribution in [-0.2, 0) is 0 Å². The Balaban J connectivity index is 1.94. The molecule has 3 rings (SSSR count). The van der Waals surface area contributed by atoms with Crippen LogP contribution in [0.25, 0.3) is 0 Å². The van der Waals surface area contributed by atoms with Crippen molar-refractivity contribution in [3.8, 4) is 11.6 Å². The van der Waals surface area contributed by atoms with Gasteiger partial charge in [0.1, 0.15) is 28.6 Å². The zero-order valence-corrected chi connectivity index (χ0v) is 18.6. The Bertz CT molecular complexity index is 1080. The van der Waals surface area contributed by atoms with Crippen LogP contribution in [-0.4, -0.2) is 40.5 Å². The third-order valence-corrected chi connectivity index (χ3v) is 5.02. The number of hydrogen-bond donors (Lipinski definition) is 0. The second kappa shape index (κ2) is 9.69. The summed E-state index contributed by atoms with van der Waals surface area (Å²) in [6.07, 6.45) is 1.42. The molecular formula is C22H21Cl2N5O. The van der Waals surface area contributed by atoms with Crippen LogP contribution in [0, 0.1) is 6.92 Å². The summed E-state index contributed by atoms with van der Waals surface area (Å²) < 4.78 is 5.80. The number of amidine groups is 1. The van der Waals surface area contributed by atoms with E-state index in [0.29, 0.717) is 27.4 Å². The van der Waals surface area contributed by atoms with Gasteiger partial charge in [-0.15, -0.1) is 10.2 Å². The molecule has 0 aliphatic rings. The first-order valence-electron chi connectivity index (χ1n) is 9.16. The van der Waals surface area contributed by atoms with Gasteiger partial charge in [-0.25, -0.2) is 9.97 Å². The van der Waals surface area contributed by atoms with Crippen molar-refractivity contribution in [1.82, 2.24) is 14.9 Å². The van der Waals surface area contributed by atoms with Crippen molar-refractivity contribution >= 4 is 34.7 Å². The van der Waals surface area contributed by atoms with Gasteiger partial charge >= 0.3 is 0 Å². The van der Waals surface area contributed by atoms with Gasteiger partial charge in [-0.2, -0.15) is 0 Å². The van der Waals surface area contributed by atoms with E-state index < -0.39 is 0 Å². The minimum atomic E-state index is 0.315. The van der Waals surface area contributed by atoms with Crippen molar-refractivity contribution in [2.24, 2.45) is 10.2 Å². The van der Waals surface area contributed by atoms with Gasteiger partial charge < -0.3 is 9.64 Å². The van der Waals surface area contributed by atoms with E-state index in [2.05, 4.69) is 20.2 Å². The number of rotatable bonds is 5. The van der Waals surface area contributed by atoms with Crippen molar-refractivity contribution in [3.63, 3.8) is 0 Å². The molecular weight excluding hydrogens is 421 g/mol. The number of aromatic nitrogens is 2. The molecule has 0 bridgehead atoms. The van der Waals surface area contributed by atoms with Gasteiger partial charge in [0, 0.05) is 30.2 Å². The molecule has 30 heavy (non-hydrogen) atoms. The lowest BCUT2D eigenvalue weighted by molar-refractivity contribution is 0.461. The van der Waals surface area contributed by atoms with Crippen LogP contribution in [0.1, 0.15) is 23.7 Å². The molecule has 154 valence electrons. The summed E-state index contributed by atoms with van der Waals surface area (Å²) in [7, 11) is 3.84. The summed E-state index contributed by atoms with van der Waals surface area (Å²) in [5.74, 6) is 1.70. The fraction of sp³-hybridized carbons (Fsp3) is 0.182. The van der Waals surface area contributed by atoms with E-state index in [1.807, 2.05) is 74.4 Å². The van der Waals surface area contributed by atoms with Crippen LogP contribution >= 0.6 is 23.2 Å². The van der Waals surface area contributed by atoms with E-state index in [-0.39, 0.29) is 0 Å². The number of halogens is 2. The topological polar surface area (TPSA) is 63.0 Å². The third kappa shape index (κ3) is 5.34. The van der Waals surface area contributed by atoms with Gasteiger partial charge in [0.15, 0.2) is 0 Å². The molecule has 0 fully saturated rings. The first-order chi connectivity index (χ1) is 14.3. The fourth-order valence-corrected chi connectivity index (χ4v) is 2.66. The van der Waals surface area contributed by atoms with E-state index in [4.69, 9.17) is 27.9 Å². The van der Waals surface area contributed by atoms with Crippen LogP contribution in [0.4, 0.5) is 0 Å². The molecule has 0 amide bonds. The molecule has 0 atom stereocenters. The van der Waals surface area contributed by atoms with Crippen molar-refractivity contribution in [2.75, 3.05) is 14.1 Å². The number of ether oxygens (including phenoxy) is 1. The summed E-state index contributed by atoms with van der Waals surface area (Å²) in [5.41, 5.74) is 3.16. The summed E-state index contributed by atoms with van der Waals surface area (Å²) in [4.78, 5) is 10.0. The molecule has 0 spiro atoms. The summed E-state index contributed by atoms with van der Waals surface area (Å²) in [6.45, 7) is 3.69. The SMILES string of the molecule is CC(=NN=C(c1ccc(Cl)cc1)c1ccc(Oc2ncnc(C)c2Cl)cc1)N(C)C. The summed E-state index contributed by atoms with van der Waals surface area (Å²) >= 11 is 12.3. The maximum absolute atomic E-state index is 6.22. The summed E-state index contributed by atoms with van der Waals surface area (Å²) in [6, 6.07) is 15.0. The van der Waals surface area contributed by atoms with Gasteiger partial charge in [0.25, 0.3) is 0 Å². The molecule has 3 aromatic rings. The van der Waals surface area contributed by atoms with E-state index in [1.165, 1.54) is 6.33 Å². The Morgan fingerprint density at radius 1 is 0.900 bits per heavy atom. The molecule has 8 heteroatoms. The van der Waals surface area contributed by atoms with Crippen LogP contribution in [0.15, 0.2) is 65.1 Å². The third-order valence-electron chi connectivity index (χ3n) is 4.33. The van der Waals surface area contributed by atoms with Gasteiger partial charge in [0.05, 0.1) is 5.69 Å². The first kappa shape index (κ1) is 21.7. The Morgan fingerprint density at radius 3 is 2.10 bits per heavy atom. The highest BCUT2D eigenvalue weighted by atomic mass is 35.5. The highest BCUT2D eigenvalue weighted by Crippen LogP contribution is 2.28. The normalized spacial score (nSPS) is 12.1. The maximum atomic E-state index is 6.22. The van der Waals surface area contributed by atoms with Gasteiger partial charge in [-0.1, -0.05) is 35.3 Å². The van der Waals surface area contributed by atoms with Gasteiger partial charge in [-0.05, 0) is 50.2 Å². The highest BCUT2D eigenvalue weighted by Gasteiger charge is 2.11. The number of hydrogen-bond acceptors (Lipinski definition) is 5. The smallest absolute Gasteiger partial charge is 0.241 e. The Labute approximate surface area is 185 Å². The molecule has 1 aromatic heterocycles. The highest BCUT2D eigenvalue weighted by molar-refractivity contribution is 6.32. The fourth-order valence-electron chi connectivity index (χ4n) is 2.40. The second-order valence-electron chi connectivity index (χ2n) is 6.70. The van der Waals surface area contributed by atoms with Crippen LogP contribution in [0.2, 0.25) is 10.0 Å². The average molecular weight is 442 g/mol. The van der Waals surface area contributed by atoms with Gasteiger partial charge in [-0.3, -0.25) is 0 Å². The molecule has 0 saturated carbocycles. The predicted octanol–water partition coefficient (Wildman–Crippen LogP) is 5.62. The Hall–Kier alpha value is -2.96. The molecule has 0 N–H and O–H groups in total. The van der Waals surface area contributed by atoms with Crippen LogP contribution in [0.3, 0.4) is 0 Å². The Morgan fingerprint density at radius 2 is 1.50 bits per heavy atom. The average Bonchev–Trinajstić information content (AvgIpc) is 2.73. The van der Waals surface area contributed by atoms with E-state index in [0.717, 1.165) is 22.7 Å². The zero-order chi connectivity index (χ0) is 21.7. The standard InChI is InChI=1S/C22H21Cl2N5O/c1-14-20(24)22(26-13-25-14)30-19-11-7-17(8-12-19)21(28-27-15(2)29(3)4)16-5-9-18(23)10-6-16/h5-13H,1-4H3. The number of aryl methyl sites for hydroxylation is 1. The van der Waals surface area contributed by atoms with E-state index in [1.54, 1.807) is 6.92 Å². The minimum Gasteiger partial charge on any atom is -0.437 e. The molecule has 0 saturated heterocycles. The van der Waals surface area contributed by atoms with E-state index >= 15 is 0 Å². The van der Waals surface area contributed by atoms with Crippen molar-refractivity contribution < 1.29 is 4.74 Å². The summed E-state index contributed by atoms with van der Waals surface area (Å²) in [5, 5.41) is 9.88. The lowest BCUT2D eigenvalue weighted by Gasteiger charge is -2.11. The van der Waals surface area contributed by atoms with Crippen LogP contribution in [0.5, 0.6) is 11.6 Å².